The van der Waals surface area contributed by atoms with Crippen molar-refractivity contribution in [3.63, 3.8) is 0 Å². The molecule has 0 atom stereocenters. The number of amides is 1. The highest BCUT2D eigenvalue weighted by Gasteiger charge is 2.16. The standard InChI is InChI=1S/C27H26N4O3S/c32-26(28-18-23-7-4-14-34-23)22-10-8-20(9-11-22)19-35-27-29-24(21-5-2-1-3-6-21)17-25(30-27)31-12-15-33-16-13-31/h1-11,14,17H,12-13,15-16,18-19H2,(H,28,32). The minimum Gasteiger partial charge on any atom is -0.467 e. The first-order valence-electron chi connectivity index (χ1n) is 11.5. The van der Waals surface area contributed by atoms with E-state index in [4.69, 9.17) is 19.1 Å². The number of morpholine rings is 1. The molecule has 2 aromatic carbocycles. The highest BCUT2D eigenvalue weighted by molar-refractivity contribution is 7.98. The Labute approximate surface area is 208 Å². The van der Waals surface area contributed by atoms with Crippen LogP contribution in [0.25, 0.3) is 11.3 Å². The third-order valence-electron chi connectivity index (χ3n) is 5.68. The lowest BCUT2D eigenvalue weighted by atomic mass is 10.1. The molecule has 4 aromatic rings. The van der Waals surface area contributed by atoms with Crippen LogP contribution < -0.4 is 10.2 Å². The summed E-state index contributed by atoms with van der Waals surface area (Å²) in [7, 11) is 0. The largest absolute Gasteiger partial charge is 0.467 e. The van der Waals surface area contributed by atoms with Crippen LogP contribution in [0.2, 0.25) is 0 Å². The van der Waals surface area contributed by atoms with Crippen LogP contribution in [0.15, 0.2) is 88.6 Å². The van der Waals surface area contributed by atoms with E-state index in [0.29, 0.717) is 31.1 Å². The summed E-state index contributed by atoms with van der Waals surface area (Å²) in [5.41, 5.74) is 3.69. The normalized spacial score (nSPS) is 13.5. The Morgan fingerprint density at radius 3 is 2.51 bits per heavy atom. The third-order valence-corrected chi connectivity index (χ3v) is 6.60. The topological polar surface area (TPSA) is 80.5 Å². The summed E-state index contributed by atoms with van der Waals surface area (Å²) in [4.78, 5) is 24.3. The van der Waals surface area contributed by atoms with Gasteiger partial charge in [-0.25, -0.2) is 9.97 Å². The van der Waals surface area contributed by atoms with Crippen LogP contribution in [0.4, 0.5) is 5.82 Å². The molecular formula is C27H26N4O3S. The number of anilines is 1. The van der Waals surface area contributed by atoms with Crippen LogP contribution in [0.1, 0.15) is 21.7 Å². The molecule has 1 amide bonds. The smallest absolute Gasteiger partial charge is 0.251 e. The van der Waals surface area contributed by atoms with Crippen molar-refractivity contribution in [2.24, 2.45) is 0 Å². The number of rotatable bonds is 8. The van der Waals surface area contributed by atoms with Crippen molar-refractivity contribution < 1.29 is 13.9 Å². The van der Waals surface area contributed by atoms with Crippen LogP contribution in [-0.2, 0) is 17.0 Å². The molecule has 7 nitrogen and oxygen atoms in total. The van der Waals surface area contributed by atoms with Gasteiger partial charge >= 0.3 is 0 Å². The lowest BCUT2D eigenvalue weighted by molar-refractivity contribution is 0.0948. The summed E-state index contributed by atoms with van der Waals surface area (Å²) in [5.74, 6) is 2.22. The summed E-state index contributed by atoms with van der Waals surface area (Å²) in [6.07, 6.45) is 1.59. The fraction of sp³-hybridized carbons (Fsp3) is 0.222. The molecular weight excluding hydrogens is 460 g/mol. The van der Waals surface area contributed by atoms with E-state index >= 15 is 0 Å². The van der Waals surface area contributed by atoms with Crippen LogP contribution in [0.3, 0.4) is 0 Å². The number of hydrogen-bond donors (Lipinski definition) is 1. The molecule has 1 N–H and O–H groups in total. The fourth-order valence-corrected chi connectivity index (χ4v) is 4.58. The Morgan fingerprint density at radius 2 is 1.77 bits per heavy atom. The monoisotopic (exact) mass is 486 g/mol. The van der Waals surface area contributed by atoms with Gasteiger partial charge in [-0.05, 0) is 29.8 Å². The summed E-state index contributed by atoms with van der Waals surface area (Å²) in [6.45, 7) is 3.41. The van der Waals surface area contributed by atoms with Crippen molar-refractivity contribution in [2.45, 2.75) is 17.5 Å². The van der Waals surface area contributed by atoms with Crippen LogP contribution >= 0.6 is 11.8 Å². The van der Waals surface area contributed by atoms with Gasteiger partial charge in [0.15, 0.2) is 5.16 Å². The fourth-order valence-electron chi connectivity index (χ4n) is 3.77. The Morgan fingerprint density at radius 1 is 0.971 bits per heavy atom. The molecule has 3 heterocycles. The van der Waals surface area contributed by atoms with E-state index < -0.39 is 0 Å². The van der Waals surface area contributed by atoms with Gasteiger partial charge in [0.05, 0.1) is 31.7 Å². The van der Waals surface area contributed by atoms with E-state index in [0.717, 1.165) is 46.6 Å². The van der Waals surface area contributed by atoms with Crippen LogP contribution in [0.5, 0.6) is 0 Å². The molecule has 1 fully saturated rings. The second-order valence-electron chi connectivity index (χ2n) is 8.11. The number of benzene rings is 2. The second-order valence-corrected chi connectivity index (χ2v) is 9.05. The summed E-state index contributed by atoms with van der Waals surface area (Å²) in [5, 5.41) is 3.60. The zero-order chi connectivity index (χ0) is 23.9. The number of aromatic nitrogens is 2. The lowest BCUT2D eigenvalue weighted by Gasteiger charge is -2.28. The molecule has 1 saturated heterocycles. The van der Waals surface area contributed by atoms with E-state index in [1.807, 2.05) is 48.5 Å². The third kappa shape index (κ3) is 6.09. The maximum atomic E-state index is 12.4. The number of ether oxygens (including phenoxy) is 1. The number of carbonyl (C=O) groups is 1. The molecule has 2 aromatic heterocycles. The second kappa shape index (κ2) is 11.2. The van der Waals surface area contributed by atoms with Gasteiger partial charge in [0, 0.05) is 36.0 Å². The molecule has 1 aliphatic heterocycles. The quantitative estimate of drug-likeness (QED) is 0.283. The molecule has 0 saturated carbocycles. The van der Waals surface area contributed by atoms with Gasteiger partial charge < -0.3 is 19.4 Å². The first-order valence-corrected chi connectivity index (χ1v) is 12.5. The SMILES string of the molecule is O=C(NCc1ccco1)c1ccc(CSc2nc(-c3ccccc3)cc(N3CCOCC3)n2)cc1. The first-order chi connectivity index (χ1) is 17.2. The van der Waals surface area contributed by atoms with E-state index in [-0.39, 0.29) is 5.91 Å². The Bertz CT molecular complexity index is 1240. The van der Waals surface area contributed by atoms with Gasteiger partial charge in [-0.2, -0.15) is 0 Å². The van der Waals surface area contributed by atoms with Crippen molar-refractivity contribution in [3.05, 3.63) is 95.9 Å². The van der Waals surface area contributed by atoms with E-state index in [1.54, 1.807) is 24.1 Å². The molecule has 178 valence electrons. The van der Waals surface area contributed by atoms with E-state index in [1.165, 1.54) is 0 Å². The minimum absolute atomic E-state index is 0.130. The van der Waals surface area contributed by atoms with Gasteiger partial charge in [-0.1, -0.05) is 54.2 Å². The molecule has 5 rings (SSSR count). The maximum absolute atomic E-state index is 12.4. The average molecular weight is 487 g/mol. The number of nitrogens with one attached hydrogen (secondary N) is 1. The zero-order valence-electron chi connectivity index (χ0n) is 19.2. The highest BCUT2D eigenvalue weighted by atomic mass is 32.2. The molecule has 0 bridgehead atoms. The Kier molecular flexibility index (Phi) is 7.41. The van der Waals surface area contributed by atoms with Gasteiger partial charge in [0.25, 0.3) is 5.91 Å². The van der Waals surface area contributed by atoms with Crippen molar-refractivity contribution >= 4 is 23.5 Å². The number of thioether (sulfide) groups is 1. The van der Waals surface area contributed by atoms with Crippen LogP contribution in [-0.4, -0.2) is 42.2 Å². The molecule has 8 heteroatoms. The highest BCUT2D eigenvalue weighted by Crippen LogP contribution is 2.28. The zero-order valence-corrected chi connectivity index (χ0v) is 20.0. The molecule has 0 aliphatic carbocycles. The van der Waals surface area contributed by atoms with Gasteiger partial charge in [-0.3, -0.25) is 4.79 Å². The van der Waals surface area contributed by atoms with Gasteiger partial charge in [0.2, 0.25) is 0 Å². The average Bonchev–Trinajstić information content (AvgIpc) is 3.45. The van der Waals surface area contributed by atoms with Crippen molar-refractivity contribution in [1.29, 1.82) is 0 Å². The van der Waals surface area contributed by atoms with Crippen LogP contribution in [0, 0.1) is 0 Å². The Balaban J connectivity index is 1.27. The van der Waals surface area contributed by atoms with Gasteiger partial charge in [-0.15, -0.1) is 0 Å². The van der Waals surface area contributed by atoms with Gasteiger partial charge in [0.1, 0.15) is 11.6 Å². The lowest BCUT2D eigenvalue weighted by Crippen LogP contribution is -2.36. The summed E-state index contributed by atoms with van der Waals surface area (Å²) in [6, 6.07) is 23.5. The predicted molar refractivity (Wildman–Crippen MR) is 136 cm³/mol. The Hall–Kier alpha value is -3.62. The predicted octanol–water partition coefficient (Wildman–Crippen LogP) is 4.80. The number of carbonyl (C=O) groups excluding carboxylic acids is 1. The van der Waals surface area contributed by atoms with Crippen molar-refractivity contribution in [3.8, 4) is 11.3 Å². The number of hydrogen-bond acceptors (Lipinski definition) is 7. The summed E-state index contributed by atoms with van der Waals surface area (Å²) < 4.78 is 10.8. The summed E-state index contributed by atoms with van der Waals surface area (Å²) >= 11 is 1.59. The molecule has 0 radical (unpaired) electrons. The maximum Gasteiger partial charge on any atom is 0.251 e. The molecule has 35 heavy (non-hydrogen) atoms. The number of nitrogens with zero attached hydrogens (tertiary/aromatic N) is 3. The first kappa shape index (κ1) is 23.1. The number of furan rings is 1. The molecule has 1 aliphatic rings. The molecule has 0 spiro atoms. The van der Waals surface area contributed by atoms with Crippen molar-refractivity contribution in [2.75, 3.05) is 31.2 Å². The van der Waals surface area contributed by atoms with E-state index in [9.17, 15) is 4.79 Å². The minimum atomic E-state index is -0.130. The van der Waals surface area contributed by atoms with E-state index in [2.05, 4.69) is 28.4 Å². The molecule has 0 unspecified atom stereocenters. The van der Waals surface area contributed by atoms with Crippen molar-refractivity contribution in [1.82, 2.24) is 15.3 Å².